The van der Waals surface area contributed by atoms with Crippen LogP contribution in [-0.4, -0.2) is 33.3 Å². The lowest BCUT2D eigenvalue weighted by molar-refractivity contribution is -0.120. The number of benzene rings is 1. The molecule has 134 valence electrons. The van der Waals surface area contributed by atoms with Gasteiger partial charge in [0, 0.05) is 25.5 Å². The first-order valence-corrected chi connectivity index (χ1v) is 10.8. The number of nitrogens with zero attached hydrogens (tertiary/aromatic N) is 3. The second-order valence-corrected chi connectivity index (χ2v) is 9.45. The summed E-state index contributed by atoms with van der Waals surface area (Å²) in [6.07, 6.45) is 0. The second kappa shape index (κ2) is 6.56. The number of thiazole rings is 1. The van der Waals surface area contributed by atoms with Crippen molar-refractivity contribution in [3.8, 4) is 0 Å². The van der Waals surface area contributed by atoms with Crippen LogP contribution >= 0.6 is 47.1 Å². The highest BCUT2D eigenvalue weighted by molar-refractivity contribution is 8.30. The van der Waals surface area contributed by atoms with Crippen molar-refractivity contribution in [2.45, 2.75) is 11.8 Å². The number of aromatic nitrogens is 1. The largest absolute Gasteiger partial charge is 0.337 e. The lowest BCUT2D eigenvalue weighted by Gasteiger charge is -2.11. The topological polar surface area (TPSA) is 45.6 Å². The Morgan fingerprint density at radius 1 is 1.12 bits per heavy atom. The summed E-state index contributed by atoms with van der Waals surface area (Å²) in [6, 6.07) is 8.06. The highest BCUT2D eigenvalue weighted by Crippen LogP contribution is 2.44. The minimum atomic E-state index is -0.119. The van der Waals surface area contributed by atoms with E-state index in [2.05, 4.69) is 0 Å². The van der Waals surface area contributed by atoms with Crippen LogP contribution in [0.15, 0.2) is 34.0 Å². The molecular formula is C17H15N3O2S4. The summed E-state index contributed by atoms with van der Waals surface area (Å²) in [5, 5.41) is 0.897. The van der Waals surface area contributed by atoms with Crippen LogP contribution in [0.3, 0.4) is 0 Å². The molecule has 2 aliphatic heterocycles. The van der Waals surface area contributed by atoms with E-state index in [4.69, 9.17) is 12.2 Å². The average Bonchev–Trinajstić information content (AvgIpc) is 3.21. The molecule has 1 amide bonds. The van der Waals surface area contributed by atoms with Crippen molar-refractivity contribution in [2.75, 3.05) is 18.5 Å². The van der Waals surface area contributed by atoms with Crippen molar-refractivity contribution >= 4 is 72.9 Å². The summed E-state index contributed by atoms with van der Waals surface area (Å²) < 4.78 is 3.41. The maximum atomic E-state index is 12.9. The number of amides is 1. The Hall–Kier alpha value is -1.55. The number of carbonyl (C=O) groups excluding carboxylic acids is 1. The number of hydrogen-bond donors (Lipinski definition) is 0. The zero-order chi connectivity index (χ0) is 18.6. The van der Waals surface area contributed by atoms with Crippen LogP contribution in [0.1, 0.15) is 6.92 Å². The molecule has 0 saturated carbocycles. The van der Waals surface area contributed by atoms with Gasteiger partial charge in [0.1, 0.15) is 23.4 Å². The van der Waals surface area contributed by atoms with Gasteiger partial charge in [0.2, 0.25) is 0 Å². The number of rotatable bonds is 1. The molecule has 1 aromatic carbocycles. The van der Waals surface area contributed by atoms with Crippen LogP contribution in [-0.2, 0) is 11.8 Å². The van der Waals surface area contributed by atoms with Crippen molar-refractivity contribution in [3.05, 3.63) is 43.8 Å². The SMILES string of the molecule is CCN1C(=O)C(=c2sc(=C3Sc4ccccc4N3C)c(=O)n2C)SC1=S. The van der Waals surface area contributed by atoms with E-state index >= 15 is 0 Å². The van der Waals surface area contributed by atoms with E-state index < -0.39 is 0 Å². The molecular weight excluding hydrogens is 406 g/mol. The van der Waals surface area contributed by atoms with Gasteiger partial charge in [-0.3, -0.25) is 14.5 Å². The van der Waals surface area contributed by atoms with Gasteiger partial charge in [-0.2, -0.15) is 0 Å². The van der Waals surface area contributed by atoms with E-state index in [1.807, 2.05) is 43.1 Å². The average molecular weight is 422 g/mol. The van der Waals surface area contributed by atoms with Crippen LogP contribution in [0.4, 0.5) is 5.69 Å². The first kappa shape index (κ1) is 17.8. The Morgan fingerprint density at radius 2 is 1.85 bits per heavy atom. The molecule has 0 aliphatic carbocycles. The molecule has 5 nitrogen and oxygen atoms in total. The number of carbonyl (C=O) groups is 1. The summed E-state index contributed by atoms with van der Waals surface area (Å²) in [5.74, 6) is -0.119. The molecule has 0 atom stereocenters. The van der Waals surface area contributed by atoms with Crippen molar-refractivity contribution in [1.82, 2.24) is 9.47 Å². The number of hydrogen-bond acceptors (Lipinski definition) is 7. The van der Waals surface area contributed by atoms with Crippen molar-refractivity contribution < 1.29 is 4.79 Å². The molecule has 9 heteroatoms. The Morgan fingerprint density at radius 3 is 2.50 bits per heavy atom. The molecule has 26 heavy (non-hydrogen) atoms. The van der Waals surface area contributed by atoms with Gasteiger partial charge in [0.15, 0.2) is 0 Å². The molecule has 2 aliphatic rings. The maximum absolute atomic E-state index is 12.9. The summed E-state index contributed by atoms with van der Waals surface area (Å²) in [7, 11) is 3.67. The lowest BCUT2D eigenvalue weighted by Crippen LogP contribution is -2.33. The third-order valence-electron chi connectivity index (χ3n) is 4.29. The van der Waals surface area contributed by atoms with Gasteiger partial charge in [-0.05, 0) is 19.1 Å². The Bertz CT molecular complexity index is 1130. The van der Waals surface area contributed by atoms with E-state index in [0.717, 1.165) is 15.6 Å². The standard InChI is InChI=1S/C17H15N3O2S4/c1-4-20-14(22)12(26-17(20)23)16-19(3)13(21)11(25-16)15-18(2)9-7-5-6-8-10(9)24-15/h5-8H,4H2,1-3H3. The van der Waals surface area contributed by atoms with Crippen molar-refractivity contribution in [2.24, 2.45) is 7.05 Å². The molecule has 3 heterocycles. The first-order valence-electron chi connectivity index (χ1n) is 7.92. The van der Waals surface area contributed by atoms with Gasteiger partial charge in [-0.15, -0.1) is 11.3 Å². The van der Waals surface area contributed by atoms with Gasteiger partial charge in [-0.25, -0.2) is 0 Å². The molecule has 2 aromatic rings. The summed E-state index contributed by atoms with van der Waals surface area (Å²) >= 11 is 9.51. The fourth-order valence-electron chi connectivity index (χ4n) is 2.89. The summed E-state index contributed by atoms with van der Waals surface area (Å²) in [6.45, 7) is 2.43. The Balaban J connectivity index is 1.95. The van der Waals surface area contributed by atoms with E-state index in [0.29, 0.717) is 25.0 Å². The first-order chi connectivity index (χ1) is 12.4. The number of thioether (sulfide) groups is 2. The maximum Gasteiger partial charge on any atom is 0.271 e. The minimum absolute atomic E-state index is 0.0890. The van der Waals surface area contributed by atoms with E-state index in [1.165, 1.54) is 23.1 Å². The number of thiocarbonyl (C=S) groups is 1. The Labute approximate surface area is 168 Å². The highest BCUT2D eigenvalue weighted by atomic mass is 32.2. The van der Waals surface area contributed by atoms with Crippen molar-refractivity contribution in [1.29, 1.82) is 0 Å². The number of fused-ring (bicyclic) bond motifs is 1. The zero-order valence-electron chi connectivity index (χ0n) is 14.3. The molecule has 1 fully saturated rings. The molecule has 0 spiro atoms. The number of anilines is 1. The molecule has 4 rings (SSSR count). The predicted octanol–water partition coefficient (Wildman–Crippen LogP) is 1.74. The lowest BCUT2D eigenvalue weighted by atomic mass is 10.3. The zero-order valence-corrected chi connectivity index (χ0v) is 17.6. The van der Waals surface area contributed by atoms with Crippen LogP contribution in [0.2, 0.25) is 0 Å². The fraction of sp³-hybridized carbons (Fsp3) is 0.235. The molecule has 1 aromatic heterocycles. The molecule has 0 radical (unpaired) electrons. The van der Waals surface area contributed by atoms with Crippen LogP contribution in [0.25, 0.3) is 9.93 Å². The number of para-hydroxylation sites is 1. The normalized spacial score (nSPS) is 21.0. The van der Waals surface area contributed by atoms with E-state index in [1.54, 1.807) is 28.3 Å². The predicted molar refractivity (Wildman–Crippen MR) is 114 cm³/mol. The van der Waals surface area contributed by atoms with E-state index in [9.17, 15) is 9.59 Å². The van der Waals surface area contributed by atoms with Gasteiger partial charge < -0.3 is 9.47 Å². The van der Waals surface area contributed by atoms with Crippen LogP contribution < -0.4 is 19.7 Å². The fourth-order valence-corrected chi connectivity index (χ4v) is 6.89. The molecule has 1 saturated heterocycles. The molecule has 0 bridgehead atoms. The van der Waals surface area contributed by atoms with Crippen LogP contribution in [0.5, 0.6) is 0 Å². The summed E-state index contributed by atoms with van der Waals surface area (Å²) in [5.41, 5.74) is 0.996. The molecule has 0 N–H and O–H groups in total. The third kappa shape index (κ3) is 2.57. The monoisotopic (exact) mass is 421 g/mol. The van der Waals surface area contributed by atoms with Gasteiger partial charge in [0.05, 0.1) is 5.69 Å². The Kier molecular flexibility index (Phi) is 4.50. The summed E-state index contributed by atoms with van der Waals surface area (Å²) in [4.78, 5) is 30.8. The van der Waals surface area contributed by atoms with E-state index in [-0.39, 0.29) is 11.5 Å². The van der Waals surface area contributed by atoms with Gasteiger partial charge in [-0.1, -0.05) is 47.9 Å². The third-order valence-corrected chi connectivity index (χ3v) is 8.47. The van der Waals surface area contributed by atoms with Crippen LogP contribution in [0, 0.1) is 0 Å². The van der Waals surface area contributed by atoms with Gasteiger partial charge >= 0.3 is 0 Å². The smallest absolute Gasteiger partial charge is 0.271 e. The second-order valence-electron chi connectivity index (χ2n) is 5.78. The van der Waals surface area contributed by atoms with Gasteiger partial charge in [0.25, 0.3) is 11.5 Å². The molecule has 0 unspecified atom stereocenters. The van der Waals surface area contributed by atoms with Crippen molar-refractivity contribution in [3.63, 3.8) is 0 Å². The minimum Gasteiger partial charge on any atom is -0.337 e. The highest BCUT2D eigenvalue weighted by Gasteiger charge is 2.33. The quantitative estimate of drug-likeness (QED) is 0.654.